The molecule has 0 aliphatic carbocycles. The molecule has 1 unspecified atom stereocenters. The van der Waals surface area contributed by atoms with Gasteiger partial charge in [0.1, 0.15) is 0 Å². The normalized spacial score (nSPS) is 18.1. The summed E-state index contributed by atoms with van der Waals surface area (Å²) in [6.07, 6.45) is 2.34. The summed E-state index contributed by atoms with van der Waals surface area (Å²) in [7, 11) is 0. The number of piperidine rings is 1. The second-order valence-corrected chi connectivity index (χ2v) is 6.72. The molecule has 1 saturated heterocycles. The van der Waals surface area contributed by atoms with Gasteiger partial charge in [-0.25, -0.2) is 4.98 Å². The summed E-state index contributed by atoms with van der Waals surface area (Å²) in [5.41, 5.74) is 1.12. The molecule has 1 aliphatic rings. The van der Waals surface area contributed by atoms with Gasteiger partial charge < -0.3 is 16.0 Å². The third kappa shape index (κ3) is 6.62. The molecule has 1 aromatic heterocycles. The van der Waals surface area contributed by atoms with Crippen molar-refractivity contribution in [2.45, 2.75) is 46.1 Å². The number of halogens is 1. The van der Waals surface area contributed by atoms with E-state index >= 15 is 0 Å². The lowest BCUT2D eigenvalue weighted by atomic mass is 10.1. The summed E-state index contributed by atoms with van der Waals surface area (Å²) in [6.45, 7) is 8.36. The van der Waals surface area contributed by atoms with Gasteiger partial charge in [0, 0.05) is 43.4 Å². The first-order valence-corrected chi connectivity index (χ1v) is 8.64. The minimum absolute atomic E-state index is 0. The highest BCUT2D eigenvalue weighted by Crippen LogP contribution is 2.17. The lowest BCUT2D eigenvalue weighted by Gasteiger charge is -2.25. The quantitative estimate of drug-likeness (QED) is 0.362. The second-order valence-electron chi connectivity index (χ2n) is 5.44. The predicted octanol–water partition coefficient (Wildman–Crippen LogP) is 1.75. The van der Waals surface area contributed by atoms with Gasteiger partial charge in [-0.05, 0) is 27.2 Å². The number of hydrogen-bond donors (Lipinski definition) is 3. The maximum Gasteiger partial charge on any atom is 0.220 e. The second kappa shape index (κ2) is 10.1. The van der Waals surface area contributed by atoms with Crippen LogP contribution in [0.15, 0.2) is 4.99 Å². The fraction of sp³-hybridized carbons (Fsp3) is 0.667. The van der Waals surface area contributed by atoms with E-state index in [-0.39, 0.29) is 35.9 Å². The number of amides is 1. The molecular formula is C15H26IN5OS. The summed E-state index contributed by atoms with van der Waals surface area (Å²) in [6, 6.07) is 0.253. The van der Waals surface area contributed by atoms with Crippen LogP contribution in [-0.2, 0) is 11.2 Å². The zero-order valence-corrected chi connectivity index (χ0v) is 17.1. The first kappa shape index (κ1) is 20.1. The highest BCUT2D eigenvalue weighted by molar-refractivity contribution is 14.0. The van der Waals surface area contributed by atoms with Crippen LogP contribution in [0.25, 0.3) is 0 Å². The van der Waals surface area contributed by atoms with E-state index in [1.807, 2.05) is 6.92 Å². The van der Waals surface area contributed by atoms with Crippen LogP contribution in [-0.4, -0.2) is 42.5 Å². The van der Waals surface area contributed by atoms with Gasteiger partial charge in [-0.15, -0.1) is 35.3 Å². The number of aliphatic imine (C=N–C) groups is 1. The molecule has 130 valence electrons. The van der Waals surface area contributed by atoms with Gasteiger partial charge >= 0.3 is 0 Å². The molecule has 2 rings (SSSR count). The molecule has 0 aromatic carbocycles. The van der Waals surface area contributed by atoms with E-state index in [2.05, 4.69) is 39.8 Å². The summed E-state index contributed by atoms with van der Waals surface area (Å²) < 4.78 is 0. The van der Waals surface area contributed by atoms with Gasteiger partial charge in [0.05, 0.1) is 10.7 Å². The van der Waals surface area contributed by atoms with Crippen LogP contribution in [0.3, 0.4) is 0 Å². The minimum Gasteiger partial charge on any atom is -0.357 e. The van der Waals surface area contributed by atoms with Crippen LogP contribution < -0.4 is 16.0 Å². The molecule has 1 atom stereocenters. The standard InChI is InChI=1S/C15H25N5OS.HI/c1-4-16-15(20-12-5-6-14(21)18-9-12)17-8-7-13-10(2)19-11(3)22-13;/h12H,4-9H2,1-3H3,(H,18,21)(H2,16,17,20);1H. The Morgan fingerprint density at radius 3 is 2.83 bits per heavy atom. The third-order valence-electron chi connectivity index (χ3n) is 3.56. The number of thiazole rings is 1. The van der Waals surface area contributed by atoms with Crippen molar-refractivity contribution < 1.29 is 4.79 Å². The van der Waals surface area contributed by atoms with Crippen molar-refractivity contribution in [2.75, 3.05) is 19.6 Å². The number of carbonyl (C=O) groups is 1. The van der Waals surface area contributed by atoms with Gasteiger partial charge in [-0.1, -0.05) is 0 Å². The van der Waals surface area contributed by atoms with Crippen LogP contribution in [0.1, 0.15) is 35.3 Å². The van der Waals surface area contributed by atoms with E-state index in [0.29, 0.717) is 13.0 Å². The van der Waals surface area contributed by atoms with Gasteiger partial charge in [-0.3, -0.25) is 9.79 Å². The van der Waals surface area contributed by atoms with E-state index in [1.54, 1.807) is 11.3 Å². The van der Waals surface area contributed by atoms with Crippen molar-refractivity contribution in [3.8, 4) is 0 Å². The average Bonchev–Trinajstić information content (AvgIpc) is 2.80. The molecule has 1 aromatic rings. The van der Waals surface area contributed by atoms with Gasteiger partial charge in [-0.2, -0.15) is 0 Å². The molecule has 6 nitrogen and oxygen atoms in total. The topological polar surface area (TPSA) is 78.4 Å². The molecule has 0 saturated carbocycles. The zero-order chi connectivity index (χ0) is 15.9. The fourth-order valence-corrected chi connectivity index (χ4v) is 3.37. The minimum atomic E-state index is 0. The average molecular weight is 451 g/mol. The lowest BCUT2D eigenvalue weighted by Crippen LogP contribution is -2.51. The Morgan fingerprint density at radius 1 is 1.48 bits per heavy atom. The van der Waals surface area contributed by atoms with E-state index in [4.69, 9.17) is 0 Å². The van der Waals surface area contributed by atoms with Crippen LogP contribution in [0.4, 0.5) is 0 Å². The van der Waals surface area contributed by atoms with Crippen molar-refractivity contribution in [3.63, 3.8) is 0 Å². The number of hydrogen-bond acceptors (Lipinski definition) is 4. The lowest BCUT2D eigenvalue weighted by molar-refractivity contribution is -0.122. The van der Waals surface area contributed by atoms with Crippen LogP contribution in [0.5, 0.6) is 0 Å². The Morgan fingerprint density at radius 2 is 2.26 bits per heavy atom. The van der Waals surface area contributed by atoms with Crippen LogP contribution in [0.2, 0.25) is 0 Å². The number of nitrogens with one attached hydrogen (secondary N) is 3. The first-order chi connectivity index (χ1) is 10.6. The smallest absolute Gasteiger partial charge is 0.220 e. The molecule has 1 fully saturated rings. The largest absolute Gasteiger partial charge is 0.357 e. The van der Waals surface area contributed by atoms with Crippen molar-refractivity contribution in [2.24, 2.45) is 4.99 Å². The SMILES string of the molecule is CCNC(=NCCc1sc(C)nc1C)NC1CCC(=O)NC1.I. The van der Waals surface area contributed by atoms with Crippen molar-refractivity contribution >= 4 is 47.2 Å². The van der Waals surface area contributed by atoms with E-state index in [9.17, 15) is 4.79 Å². The Hall–Kier alpha value is -0.900. The Bertz CT molecular complexity index is 536. The first-order valence-electron chi connectivity index (χ1n) is 7.83. The Kier molecular flexibility index (Phi) is 8.82. The molecule has 0 spiro atoms. The highest BCUT2D eigenvalue weighted by atomic mass is 127. The Balaban J connectivity index is 0.00000264. The van der Waals surface area contributed by atoms with Crippen molar-refractivity contribution in [1.29, 1.82) is 0 Å². The van der Waals surface area contributed by atoms with Gasteiger partial charge in [0.25, 0.3) is 0 Å². The molecule has 1 amide bonds. The zero-order valence-electron chi connectivity index (χ0n) is 13.9. The molecule has 1 aliphatic heterocycles. The third-order valence-corrected chi connectivity index (χ3v) is 4.69. The molecule has 8 heteroatoms. The van der Waals surface area contributed by atoms with E-state index in [0.717, 1.165) is 42.6 Å². The monoisotopic (exact) mass is 451 g/mol. The number of aryl methyl sites for hydroxylation is 2. The number of nitrogens with zero attached hydrogens (tertiary/aromatic N) is 2. The number of rotatable bonds is 5. The predicted molar refractivity (Wildman–Crippen MR) is 106 cm³/mol. The maximum atomic E-state index is 11.2. The number of guanidine groups is 1. The molecule has 2 heterocycles. The molecule has 3 N–H and O–H groups in total. The maximum absolute atomic E-state index is 11.2. The van der Waals surface area contributed by atoms with Crippen LogP contribution >= 0.6 is 35.3 Å². The highest BCUT2D eigenvalue weighted by Gasteiger charge is 2.18. The van der Waals surface area contributed by atoms with Gasteiger partial charge in [0.15, 0.2) is 5.96 Å². The van der Waals surface area contributed by atoms with Crippen molar-refractivity contribution in [1.82, 2.24) is 20.9 Å². The summed E-state index contributed by atoms with van der Waals surface area (Å²) in [5, 5.41) is 10.6. The van der Waals surface area contributed by atoms with E-state index in [1.165, 1.54) is 4.88 Å². The van der Waals surface area contributed by atoms with Crippen LogP contribution in [0, 0.1) is 13.8 Å². The summed E-state index contributed by atoms with van der Waals surface area (Å²) in [5.74, 6) is 0.957. The van der Waals surface area contributed by atoms with E-state index < -0.39 is 0 Å². The summed E-state index contributed by atoms with van der Waals surface area (Å²) in [4.78, 5) is 21.6. The Labute approximate surface area is 159 Å². The molecular weight excluding hydrogens is 425 g/mol. The number of aromatic nitrogens is 1. The fourth-order valence-electron chi connectivity index (χ4n) is 2.44. The van der Waals surface area contributed by atoms with Gasteiger partial charge in [0.2, 0.25) is 5.91 Å². The molecule has 0 bridgehead atoms. The van der Waals surface area contributed by atoms with Crippen molar-refractivity contribution in [3.05, 3.63) is 15.6 Å². The molecule has 0 radical (unpaired) electrons. The number of carbonyl (C=O) groups excluding carboxylic acids is 1. The summed E-state index contributed by atoms with van der Waals surface area (Å²) >= 11 is 1.75. The molecule has 23 heavy (non-hydrogen) atoms.